The minimum atomic E-state index is -3.37. The molecule has 0 heterocycles. The van der Waals surface area contributed by atoms with Crippen LogP contribution in [-0.2, 0) is 9.84 Å². The van der Waals surface area contributed by atoms with Crippen LogP contribution in [0.1, 0.15) is 23.3 Å². The van der Waals surface area contributed by atoms with Crippen molar-refractivity contribution in [1.82, 2.24) is 0 Å². The highest BCUT2D eigenvalue weighted by atomic mass is 32.2. The molecule has 0 saturated heterocycles. The lowest BCUT2D eigenvalue weighted by molar-refractivity contribution is 0.188. The van der Waals surface area contributed by atoms with Gasteiger partial charge < -0.3 is 5.11 Å². The fourth-order valence-corrected chi connectivity index (χ4v) is 3.00. The minimum absolute atomic E-state index is 0.460. The number of aliphatic hydroxyl groups excluding tert-OH is 1. The Morgan fingerprint density at radius 3 is 2.12 bits per heavy atom. The Kier molecular flexibility index (Phi) is 3.68. The summed E-state index contributed by atoms with van der Waals surface area (Å²) in [6, 6.07) is 8.13. The molecule has 0 fully saturated rings. The first-order valence-electron chi connectivity index (χ1n) is 4.73. The van der Waals surface area contributed by atoms with E-state index in [-0.39, 0.29) is 0 Å². The molecule has 0 aliphatic rings. The van der Waals surface area contributed by atoms with Gasteiger partial charge in [0.15, 0.2) is 9.84 Å². The molecule has 16 heavy (non-hydrogen) atoms. The fourth-order valence-electron chi connectivity index (χ4n) is 1.63. The van der Waals surface area contributed by atoms with E-state index < -0.39 is 21.2 Å². The molecule has 0 spiro atoms. The Morgan fingerprint density at radius 2 is 1.81 bits per heavy atom. The first-order valence-corrected chi connectivity index (χ1v) is 6.68. The fraction of sp³-hybridized carbons (Fsp3) is 0.364. The van der Waals surface area contributed by atoms with E-state index in [4.69, 9.17) is 5.26 Å². The molecule has 1 N–H and O–H groups in total. The molecule has 0 aliphatic heterocycles. The summed E-state index contributed by atoms with van der Waals surface area (Å²) >= 11 is 0. The molecule has 86 valence electrons. The molecule has 0 aromatic heterocycles. The number of sulfone groups is 1. The summed E-state index contributed by atoms with van der Waals surface area (Å²) in [6.07, 6.45) is 0.103. The largest absolute Gasteiger partial charge is 0.392 e. The van der Waals surface area contributed by atoms with E-state index in [9.17, 15) is 13.5 Å². The van der Waals surface area contributed by atoms with Crippen molar-refractivity contribution in [1.29, 1.82) is 5.26 Å². The predicted octanol–water partition coefficient (Wildman–Crippen LogP) is 1.02. The topological polar surface area (TPSA) is 78.2 Å². The zero-order valence-corrected chi connectivity index (χ0v) is 9.90. The smallest absolute Gasteiger partial charge is 0.156 e. The molecular weight excluding hydrogens is 226 g/mol. The lowest BCUT2D eigenvalue weighted by Gasteiger charge is -2.18. The standard InChI is InChI=1S/C11H13NO3S/c1-8(13)11(16(2,14)15)10-5-3-9(7-12)4-6-10/h3-6,8,11,13H,1-2H3. The van der Waals surface area contributed by atoms with Crippen molar-refractivity contribution >= 4 is 9.84 Å². The van der Waals surface area contributed by atoms with E-state index in [2.05, 4.69) is 0 Å². The molecule has 0 amide bonds. The van der Waals surface area contributed by atoms with Gasteiger partial charge in [0.1, 0.15) is 5.25 Å². The van der Waals surface area contributed by atoms with Crippen molar-refractivity contribution in [2.24, 2.45) is 0 Å². The monoisotopic (exact) mass is 239 g/mol. The predicted molar refractivity (Wildman–Crippen MR) is 60.4 cm³/mol. The lowest BCUT2D eigenvalue weighted by Crippen LogP contribution is -2.23. The number of benzene rings is 1. The Hall–Kier alpha value is -1.38. The second-order valence-electron chi connectivity index (χ2n) is 3.72. The van der Waals surface area contributed by atoms with Crippen LogP contribution >= 0.6 is 0 Å². The van der Waals surface area contributed by atoms with Crippen LogP contribution in [-0.4, -0.2) is 25.9 Å². The van der Waals surface area contributed by atoms with Gasteiger partial charge >= 0.3 is 0 Å². The van der Waals surface area contributed by atoms with Gasteiger partial charge in [0.25, 0.3) is 0 Å². The summed E-state index contributed by atoms with van der Waals surface area (Å²) < 4.78 is 23.0. The first-order chi connectivity index (χ1) is 7.36. The van der Waals surface area contributed by atoms with E-state index in [0.717, 1.165) is 6.26 Å². The zero-order valence-electron chi connectivity index (χ0n) is 9.08. The molecule has 2 atom stereocenters. The summed E-state index contributed by atoms with van der Waals surface area (Å²) in [4.78, 5) is 0. The Bertz CT molecular complexity index is 497. The second kappa shape index (κ2) is 4.64. The molecule has 1 aromatic rings. The van der Waals surface area contributed by atoms with Crippen LogP contribution < -0.4 is 0 Å². The number of hydrogen-bond donors (Lipinski definition) is 1. The lowest BCUT2D eigenvalue weighted by atomic mass is 10.1. The molecule has 1 aromatic carbocycles. The Morgan fingerprint density at radius 1 is 1.31 bits per heavy atom. The van der Waals surface area contributed by atoms with Gasteiger partial charge in [0.05, 0.1) is 17.7 Å². The third-order valence-corrected chi connectivity index (χ3v) is 3.86. The van der Waals surface area contributed by atoms with E-state index >= 15 is 0 Å². The first kappa shape index (κ1) is 12.7. The van der Waals surface area contributed by atoms with E-state index in [1.54, 1.807) is 12.1 Å². The van der Waals surface area contributed by atoms with E-state index in [1.807, 2.05) is 6.07 Å². The van der Waals surface area contributed by atoms with Crippen LogP contribution in [0.4, 0.5) is 0 Å². The van der Waals surface area contributed by atoms with Crippen molar-refractivity contribution in [3.8, 4) is 6.07 Å². The SMILES string of the molecule is CC(O)C(c1ccc(C#N)cc1)S(C)(=O)=O. The van der Waals surface area contributed by atoms with Gasteiger partial charge in [0, 0.05) is 6.26 Å². The highest BCUT2D eigenvalue weighted by Crippen LogP contribution is 2.25. The van der Waals surface area contributed by atoms with Gasteiger partial charge in [-0.25, -0.2) is 8.42 Å². The normalized spacial score (nSPS) is 15.1. The molecule has 4 nitrogen and oxygen atoms in total. The van der Waals surface area contributed by atoms with Gasteiger partial charge in [-0.3, -0.25) is 0 Å². The van der Waals surface area contributed by atoms with Gasteiger partial charge in [0.2, 0.25) is 0 Å². The second-order valence-corrected chi connectivity index (χ2v) is 5.89. The zero-order chi connectivity index (χ0) is 12.3. The number of nitrogens with zero attached hydrogens (tertiary/aromatic N) is 1. The quantitative estimate of drug-likeness (QED) is 0.854. The van der Waals surface area contributed by atoms with Crippen molar-refractivity contribution in [3.05, 3.63) is 35.4 Å². The molecule has 0 radical (unpaired) electrons. The van der Waals surface area contributed by atoms with Crippen LogP contribution in [0.15, 0.2) is 24.3 Å². The van der Waals surface area contributed by atoms with Crippen molar-refractivity contribution in [2.45, 2.75) is 18.3 Å². The third-order valence-electron chi connectivity index (χ3n) is 2.27. The number of aliphatic hydroxyl groups is 1. The molecular formula is C11H13NO3S. The van der Waals surface area contributed by atoms with Crippen LogP contribution in [0.2, 0.25) is 0 Å². The van der Waals surface area contributed by atoms with Gasteiger partial charge in [-0.2, -0.15) is 5.26 Å². The van der Waals surface area contributed by atoms with E-state index in [0.29, 0.717) is 11.1 Å². The maximum absolute atomic E-state index is 11.5. The highest BCUT2D eigenvalue weighted by Gasteiger charge is 2.27. The molecule has 0 aliphatic carbocycles. The van der Waals surface area contributed by atoms with Crippen molar-refractivity contribution < 1.29 is 13.5 Å². The maximum Gasteiger partial charge on any atom is 0.156 e. The molecule has 5 heteroatoms. The summed E-state index contributed by atoms with van der Waals surface area (Å²) in [5.41, 5.74) is 0.957. The van der Waals surface area contributed by atoms with Gasteiger partial charge in [-0.15, -0.1) is 0 Å². The number of nitriles is 1. The average Bonchev–Trinajstić information content (AvgIpc) is 2.16. The Balaban J connectivity index is 3.19. The van der Waals surface area contributed by atoms with Gasteiger partial charge in [-0.05, 0) is 24.6 Å². The summed E-state index contributed by atoms with van der Waals surface area (Å²) in [5.74, 6) is 0. The Labute approximate surface area is 95.1 Å². The summed E-state index contributed by atoms with van der Waals surface area (Å²) in [7, 11) is -3.37. The summed E-state index contributed by atoms with van der Waals surface area (Å²) in [6.45, 7) is 1.43. The van der Waals surface area contributed by atoms with Gasteiger partial charge in [-0.1, -0.05) is 12.1 Å². The number of rotatable bonds is 3. The summed E-state index contributed by atoms with van der Waals surface area (Å²) in [5, 5.41) is 17.2. The minimum Gasteiger partial charge on any atom is -0.392 e. The van der Waals surface area contributed by atoms with Crippen molar-refractivity contribution in [2.75, 3.05) is 6.26 Å². The van der Waals surface area contributed by atoms with Crippen LogP contribution in [0.25, 0.3) is 0 Å². The van der Waals surface area contributed by atoms with Crippen LogP contribution in [0.5, 0.6) is 0 Å². The third kappa shape index (κ3) is 2.81. The van der Waals surface area contributed by atoms with Crippen LogP contribution in [0, 0.1) is 11.3 Å². The van der Waals surface area contributed by atoms with E-state index in [1.165, 1.54) is 19.1 Å². The average molecular weight is 239 g/mol. The molecule has 1 rings (SSSR count). The molecule has 0 saturated carbocycles. The maximum atomic E-state index is 11.5. The highest BCUT2D eigenvalue weighted by molar-refractivity contribution is 7.91. The molecule has 0 bridgehead atoms. The van der Waals surface area contributed by atoms with Crippen molar-refractivity contribution in [3.63, 3.8) is 0 Å². The molecule has 2 unspecified atom stereocenters. The number of hydrogen-bond acceptors (Lipinski definition) is 4. The van der Waals surface area contributed by atoms with Crippen LogP contribution in [0.3, 0.4) is 0 Å².